The summed E-state index contributed by atoms with van der Waals surface area (Å²) in [6.07, 6.45) is 1.80. The van der Waals surface area contributed by atoms with Crippen LogP contribution in [0.3, 0.4) is 0 Å². The van der Waals surface area contributed by atoms with Gasteiger partial charge in [-0.3, -0.25) is 4.98 Å². The van der Waals surface area contributed by atoms with Gasteiger partial charge in [-0.25, -0.2) is 0 Å². The first-order valence-electron chi connectivity index (χ1n) is 5.67. The molecule has 0 saturated heterocycles. The van der Waals surface area contributed by atoms with Crippen LogP contribution in [0, 0.1) is 6.92 Å². The second-order valence-electron chi connectivity index (χ2n) is 4.12. The molecule has 0 aliphatic rings. The van der Waals surface area contributed by atoms with E-state index in [0.717, 1.165) is 11.3 Å². The number of hydrogen-bond acceptors (Lipinski definition) is 2. The van der Waals surface area contributed by atoms with Gasteiger partial charge in [0.05, 0.1) is 21.8 Å². The van der Waals surface area contributed by atoms with Crippen LogP contribution in [0.15, 0.2) is 36.5 Å². The van der Waals surface area contributed by atoms with E-state index in [1.165, 1.54) is 5.56 Å². The molecular weight excluding hydrogens is 267 g/mol. The van der Waals surface area contributed by atoms with Crippen LogP contribution in [-0.4, -0.2) is 12.0 Å². The monoisotopic (exact) mass is 280 g/mol. The fourth-order valence-electron chi connectivity index (χ4n) is 1.92. The first kappa shape index (κ1) is 13.3. The number of aryl methyl sites for hydroxylation is 1. The Morgan fingerprint density at radius 3 is 2.67 bits per heavy atom. The molecule has 1 N–H and O–H groups in total. The van der Waals surface area contributed by atoms with Gasteiger partial charge in [0.2, 0.25) is 0 Å². The summed E-state index contributed by atoms with van der Waals surface area (Å²) in [5, 5.41) is 4.35. The molecule has 0 saturated carbocycles. The summed E-state index contributed by atoms with van der Waals surface area (Å²) in [5.74, 6) is 0. The molecule has 2 rings (SSSR count). The van der Waals surface area contributed by atoms with Crippen molar-refractivity contribution in [3.8, 4) is 0 Å². The molecule has 0 aliphatic carbocycles. The van der Waals surface area contributed by atoms with Crippen molar-refractivity contribution in [1.82, 2.24) is 10.3 Å². The smallest absolute Gasteiger partial charge is 0.0764 e. The average Bonchev–Trinajstić information content (AvgIpc) is 2.35. The Morgan fingerprint density at radius 1 is 1.22 bits per heavy atom. The molecule has 0 bridgehead atoms. The summed E-state index contributed by atoms with van der Waals surface area (Å²) in [4.78, 5) is 4.39. The van der Waals surface area contributed by atoms with E-state index in [1.807, 2.05) is 38.2 Å². The zero-order valence-corrected chi connectivity index (χ0v) is 11.8. The van der Waals surface area contributed by atoms with E-state index in [0.29, 0.717) is 10.0 Å². The van der Waals surface area contributed by atoms with Gasteiger partial charge in [-0.2, -0.15) is 0 Å². The number of pyridine rings is 1. The zero-order valence-electron chi connectivity index (χ0n) is 10.2. The average molecular weight is 281 g/mol. The number of benzene rings is 1. The minimum Gasteiger partial charge on any atom is -0.308 e. The Balaban J connectivity index is 2.49. The lowest BCUT2D eigenvalue weighted by atomic mass is 10.0. The molecule has 0 fully saturated rings. The van der Waals surface area contributed by atoms with Crippen molar-refractivity contribution < 1.29 is 0 Å². The minimum atomic E-state index is -0.0592. The molecule has 2 nitrogen and oxygen atoms in total. The number of nitrogens with zero attached hydrogens (tertiary/aromatic N) is 1. The van der Waals surface area contributed by atoms with Crippen molar-refractivity contribution in [3.05, 3.63) is 63.4 Å². The molecule has 2 aromatic rings. The quantitative estimate of drug-likeness (QED) is 0.919. The maximum absolute atomic E-state index is 6.26. The summed E-state index contributed by atoms with van der Waals surface area (Å²) >= 11 is 12.3. The van der Waals surface area contributed by atoms with Crippen molar-refractivity contribution in [1.29, 1.82) is 0 Å². The fourth-order valence-corrected chi connectivity index (χ4v) is 2.34. The van der Waals surface area contributed by atoms with Crippen LogP contribution in [0.2, 0.25) is 10.0 Å². The molecule has 18 heavy (non-hydrogen) atoms. The molecule has 0 amide bonds. The van der Waals surface area contributed by atoms with Gasteiger partial charge in [-0.1, -0.05) is 35.3 Å². The standard InChI is InChI=1S/C14H14Cl2N2/c1-9-6-7-18-12(8-9)14(17-2)10-4-3-5-11(15)13(10)16/h3-8,14,17H,1-2H3. The molecule has 0 aliphatic heterocycles. The molecule has 1 heterocycles. The van der Waals surface area contributed by atoms with E-state index in [9.17, 15) is 0 Å². The van der Waals surface area contributed by atoms with Crippen LogP contribution < -0.4 is 5.32 Å². The van der Waals surface area contributed by atoms with Crippen LogP contribution >= 0.6 is 23.2 Å². The molecule has 1 aromatic carbocycles. The largest absolute Gasteiger partial charge is 0.308 e. The lowest BCUT2D eigenvalue weighted by Gasteiger charge is -2.18. The molecule has 1 unspecified atom stereocenters. The first-order chi connectivity index (χ1) is 8.63. The second-order valence-corrected chi connectivity index (χ2v) is 4.91. The van der Waals surface area contributed by atoms with E-state index in [1.54, 1.807) is 12.3 Å². The van der Waals surface area contributed by atoms with Crippen molar-refractivity contribution >= 4 is 23.2 Å². The molecule has 1 aromatic heterocycles. The van der Waals surface area contributed by atoms with E-state index in [2.05, 4.69) is 10.3 Å². The lowest BCUT2D eigenvalue weighted by molar-refractivity contribution is 0.670. The first-order valence-corrected chi connectivity index (χ1v) is 6.43. The number of hydrogen-bond donors (Lipinski definition) is 1. The van der Waals surface area contributed by atoms with E-state index in [-0.39, 0.29) is 6.04 Å². The lowest BCUT2D eigenvalue weighted by Crippen LogP contribution is -2.19. The summed E-state index contributed by atoms with van der Waals surface area (Å²) < 4.78 is 0. The topological polar surface area (TPSA) is 24.9 Å². The highest BCUT2D eigenvalue weighted by atomic mass is 35.5. The van der Waals surface area contributed by atoms with Gasteiger partial charge in [-0.15, -0.1) is 0 Å². The Kier molecular flexibility index (Phi) is 4.23. The second kappa shape index (κ2) is 5.70. The van der Waals surface area contributed by atoms with Crippen LogP contribution in [0.5, 0.6) is 0 Å². The van der Waals surface area contributed by atoms with Crippen molar-refractivity contribution in [2.75, 3.05) is 7.05 Å². The zero-order chi connectivity index (χ0) is 13.1. The van der Waals surface area contributed by atoms with Crippen molar-refractivity contribution in [3.63, 3.8) is 0 Å². The maximum Gasteiger partial charge on any atom is 0.0764 e. The minimum absolute atomic E-state index is 0.0592. The highest BCUT2D eigenvalue weighted by molar-refractivity contribution is 6.42. The van der Waals surface area contributed by atoms with Gasteiger partial charge in [0, 0.05) is 6.20 Å². The predicted octanol–water partition coefficient (Wildman–Crippen LogP) is 4.01. The van der Waals surface area contributed by atoms with Gasteiger partial charge in [0.1, 0.15) is 0 Å². The SMILES string of the molecule is CNC(c1cc(C)ccn1)c1cccc(Cl)c1Cl. The molecule has 4 heteroatoms. The number of halogens is 2. The highest BCUT2D eigenvalue weighted by Crippen LogP contribution is 2.32. The Hall–Kier alpha value is -1.09. The number of aromatic nitrogens is 1. The van der Waals surface area contributed by atoms with Crippen molar-refractivity contribution in [2.24, 2.45) is 0 Å². The van der Waals surface area contributed by atoms with E-state index >= 15 is 0 Å². The maximum atomic E-state index is 6.26. The van der Waals surface area contributed by atoms with Gasteiger partial charge in [0.25, 0.3) is 0 Å². The Bertz CT molecular complexity index is 555. The molecular formula is C14H14Cl2N2. The van der Waals surface area contributed by atoms with Gasteiger partial charge in [-0.05, 0) is 43.3 Å². The summed E-state index contributed by atoms with van der Waals surface area (Å²) in [5.41, 5.74) is 3.03. The third-order valence-corrected chi connectivity index (χ3v) is 3.65. The van der Waals surface area contributed by atoms with Crippen LogP contribution in [0.1, 0.15) is 22.9 Å². The summed E-state index contributed by atoms with van der Waals surface area (Å²) in [6, 6.07) is 9.58. The summed E-state index contributed by atoms with van der Waals surface area (Å²) in [6.45, 7) is 2.04. The van der Waals surface area contributed by atoms with Crippen LogP contribution in [-0.2, 0) is 0 Å². The number of rotatable bonds is 3. The molecule has 0 radical (unpaired) electrons. The van der Waals surface area contributed by atoms with Crippen LogP contribution in [0.25, 0.3) is 0 Å². The van der Waals surface area contributed by atoms with Gasteiger partial charge in [0.15, 0.2) is 0 Å². The Labute approximate surface area is 117 Å². The normalized spacial score (nSPS) is 12.4. The Morgan fingerprint density at radius 2 is 2.00 bits per heavy atom. The van der Waals surface area contributed by atoms with Gasteiger partial charge < -0.3 is 5.32 Å². The fraction of sp³-hybridized carbons (Fsp3) is 0.214. The molecule has 94 valence electrons. The van der Waals surface area contributed by atoms with Crippen LogP contribution in [0.4, 0.5) is 0 Å². The summed E-state index contributed by atoms with van der Waals surface area (Å²) in [7, 11) is 1.88. The third kappa shape index (κ3) is 2.66. The van der Waals surface area contributed by atoms with E-state index in [4.69, 9.17) is 23.2 Å². The molecule has 0 spiro atoms. The third-order valence-electron chi connectivity index (χ3n) is 2.81. The predicted molar refractivity (Wildman–Crippen MR) is 76.3 cm³/mol. The number of nitrogens with one attached hydrogen (secondary N) is 1. The van der Waals surface area contributed by atoms with Crippen molar-refractivity contribution in [2.45, 2.75) is 13.0 Å². The van der Waals surface area contributed by atoms with Gasteiger partial charge >= 0.3 is 0 Å². The molecule has 1 atom stereocenters. The van der Waals surface area contributed by atoms with E-state index < -0.39 is 0 Å². The highest BCUT2D eigenvalue weighted by Gasteiger charge is 2.17.